The van der Waals surface area contributed by atoms with Crippen molar-refractivity contribution in [3.05, 3.63) is 182 Å². The zero-order valence-electron chi connectivity index (χ0n) is 29.0. The highest BCUT2D eigenvalue weighted by molar-refractivity contribution is 6.07. The van der Waals surface area contributed by atoms with Gasteiger partial charge in [-0.15, -0.1) is 0 Å². The normalized spacial score (nSPS) is 11.7. The van der Waals surface area contributed by atoms with Crippen LogP contribution in [0.3, 0.4) is 0 Å². The molecule has 8 aromatic carbocycles. The summed E-state index contributed by atoms with van der Waals surface area (Å²) in [5, 5.41) is 5.65. The molecule has 0 saturated carbocycles. The highest BCUT2D eigenvalue weighted by Crippen LogP contribution is 2.40. The Morgan fingerprint density at radius 2 is 0.889 bits per heavy atom. The molecule has 0 aliphatic carbocycles. The first-order valence-corrected chi connectivity index (χ1v) is 18.1. The quantitative estimate of drug-likeness (QED) is 0.180. The van der Waals surface area contributed by atoms with Crippen LogP contribution in [0.5, 0.6) is 0 Å². The lowest BCUT2D eigenvalue weighted by molar-refractivity contribution is 0.658. The van der Waals surface area contributed by atoms with E-state index >= 15 is 0 Å². The van der Waals surface area contributed by atoms with Crippen molar-refractivity contribution in [3.8, 4) is 56.4 Å². The molecule has 0 unspecified atom stereocenters. The molecular weight excluding hydrogens is 661 g/mol. The van der Waals surface area contributed by atoms with Crippen molar-refractivity contribution in [2.24, 2.45) is 0 Å². The number of hydrogen-bond acceptors (Lipinski definition) is 4. The monoisotopic (exact) mass is 690 g/mol. The standard InChI is InChI=1S/C49H30N4O/c1-3-18-37-32(12-1)14-10-21-39(37)47-50-46(51-48(52-47)40-22-11-15-33-13-2-4-19-38(33)40)34-28-26-31(27-29-34)35-16-9-17-36(30-35)45-41-20-5-6-23-42(41)53-43-24-7-8-25-44(43)54-49(45)53/h1-30H. The van der Waals surface area contributed by atoms with Gasteiger partial charge in [0.2, 0.25) is 5.71 Å². The zero-order valence-corrected chi connectivity index (χ0v) is 29.0. The molecule has 0 bridgehead atoms. The molecule has 0 aliphatic heterocycles. The fraction of sp³-hybridized carbons (Fsp3) is 0. The van der Waals surface area contributed by atoms with Crippen molar-refractivity contribution in [2.75, 3.05) is 0 Å². The molecule has 0 atom stereocenters. The molecule has 0 saturated heterocycles. The van der Waals surface area contributed by atoms with E-state index in [2.05, 4.69) is 174 Å². The summed E-state index contributed by atoms with van der Waals surface area (Å²) in [4.78, 5) is 15.4. The number of benzene rings is 8. The minimum Gasteiger partial charge on any atom is -0.438 e. The number of nitrogens with zero attached hydrogens (tertiary/aromatic N) is 4. The Kier molecular flexibility index (Phi) is 6.79. The Morgan fingerprint density at radius 3 is 1.59 bits per heavy atom. The molecule has 0 amide bonds. The van der Waals surface area contributed by atoms with Gasteiger partial charge in [0.1, 0.15) is 0 Å². The van der Waals surface area contributed by atoms with Crippen molar-refractivity contribution in [3.63, 3.8) is 0 Å². The lowest BCUT2D eigenvalue weighted by Gasteiger charge is -2.12. The Balaban J connectivity index is 1.03. The zero-order chi connectivity index (χ0) is 35.6. The molecule has 11 aromatic rings. The predicted octanol–water partition coefficient (Wildman–Crippen LogP) is 12.7. The summed E-state index contributed by atoms with van der Waals surface area (Å²) in [5.74, 6) is 1.92. The third-order valence-corrected chi connectivity index (χ3v) is 10.5. The first-order valence-electron chi connectivity index (χ1n) is 18.1. The summed E-state index contributed by atoms with van der Waals surface area (Å²) in [6, 6.07) is 63.3. The number of para-hydroxylation sites is 3. The molecule has 3 heterocycles. The average Bonchev–Trinajstić information content (AvgIpc) is 3.78. The Labute approximate surface area is 310 Å². The number of hydrogen-bond donors (Lipinski definition) is 0. The highest BCUT2D eigenvalue weighted by Gasteiger charge is 2.20. The molecule has 0 spiro atoms. The maximum absolute atomic E-state index is 6.51. The van der Waals surface area contributed by atoms with Crippen LogP contribution in [-0.4, -0.2) is 19.4 Å². The van der Waals surface area contributed by atoms with E-state index in [4.69, 9.17) is 19.4 Å². The van der Waals surface area contributed by atoms with E-state index in [1.807, 2.05) is 12.1 Å². The van der Waals surface area contributed by atoms with E-state index in [-0.39, 0.29) is 0 Å². The first kappa shape index (κ1) is 30.3. The maximum Gasteiger partial charge on any atom is 0.213 e. The number of oxazole rings is 1. The van der Waals surface area contributed by atoms with E-state index in [1.165, 1.54) is 0 Å². The molecule has 0 radical (unpaired) electrons. The third-order valence-electron chi connectivity index (χ3n) is 10.5. The molecule has 0 N–H and O–H groups in total. The summed E-state index contributed by atoms with van der Waals surface area (Å²) in [6.07, 6.45) is 0. The summed E-state index contributed by atoms with van der Waals surface area (Å²) >= 11 is 0. The van der Waals surface area contributed by atoms with Gasteiger partial charge in [-0.05, 0) is 62.5 Å². The fourth-order valence-corrected chi connectivity index (χ4v) is 7.92. The van der Waals surface area contributed by atoms with Crippen LogP contribution in [0.25, 0.3) is 106 Å². The minimum absolute atomic E-state index is 0.628. The molecule has 5 nitrogen and oxygen atoms in total. The molecule has 5 heteroatoms. The minimum atomic E-state index is 0.628. The Hall–Kier alpha value is -7.37. The van der Waals surface area contributed by atoms with E-state index in [1.54, 1.807) is 0 Å². The molecule has 0 aliphatic rings. The predicted molar refractivity (Wildman–Crippen MR) is 220 cm³/mol. The summed E-state index contributed by atoms with van der Waals surface area (Å²) in [5.41, 5.74) is 11.2. The van der Waals surface area contributed by atoms with E-state index in [0.717, 1.165) is 88.2 Å². The van der Waals surface area contributed by atoms with Gasteiger partial charge >= 0.3 is 0 Å². The summed E-state index contributed by atoms with van der Waals surface area (Å²) in [6.45, 7) is 0. The van der Waals surface area contributed by atoms with Crippen LogP contribution in [0.4, 0.5) is 0 Å². The van der Waals surface area contributed by atoms with E-state index < -0.39 is 0 Å². The summed E-state index contributed by atoms with van der Waals surface area (Å²) < 4.78 is 8.74. The second-order valence-electron chi connectivity index (χ2n) is 13.6. The molecule has 252 valence electrons. The topological polar surface area (TPSA) is 56.2 Å². The second kappa shape index (κ2) is 12.1. The lowest BCUT2D eigenvalue weighted by Crippen LogP contribution is -2.01. The van der Waals surface area contributed by atoms with Crippen LogP contribution in [0.1, 0.15) is 0 Å². The van der Waals surface area contributed by atoms with Gasteiger partial charge in [-0.3, -0.25) is 4.40 Å². The molecular formula is C49H30N4O. The van der Waals surface area contributed by atoms with Crippen LogP contribution in [0, 0.1) is 0 Å². The van der Waals surface area contributed by atoms with Gasteiger partial charge in [0.25, 0.3) is 0 Å². The molecule has 11 rings (SSSR count). The SMILES string of the molecule is c1cc(-c2ccc(-c3nc(-c4cccc5ccccc45)nc(-c4cccc5ccccc45)n3)cc2)cc(-c2c3ccccc3n3c2oc2ccccc23)c1. The van der Waals surface area contributed by atoms with E-state index in [0.29, 0.717) is 17.5 Å². The molecule has 54 heavy (non-hydrogen) atoms. The fourth-order valence-electron chi connectivity index (χ4n) is 7.92. The van der Waals surface area contributed by atoms with Crippen LogP contribution in [0.2, 0.25) is 0 Å². The van der Waals surface area contributed by atoms with Gasteiger partial charge in [-0.1, -0.05) is 158 Å². The van der Waals surface area contributed by atoms with Gasteiger partial charge in [-0.25, -0.2) is 15.0 Å². The third kappa shape index (κ3) is 4.83. The number of rotatable bonds is 5. The van der Waals surface area contributed by atoms with E-state index in [9.17, 15) is 0 Å². The van der Waals surface area contributed by atoms with Gasteiger partial charge in [0, 0.05) is 22.1 Å². The van der Waals surface area contributed by atoms with Crippen molar-refractivity contribution >= 4 is 49.3 Å². The number of fused-ring (bicyclic) bond motifs is 7. The van der Waals surface area contributed by atoms with Gasteiger partial charge in [-0.2, -0.15) is 0 Å². The highest BCUT2D eigenvalue weighted by atomic mass is 16.3. The van der Waals surface area contributed by atoms with Crippen LogP contribution >= 0.6 is 0 Å². The maximum atomic E-state index is 6.51. The van der Waals surface area contributed by atoms with Crippen LogP contribution < -0.4 is 0 Å². The van der Waals surface area contributed by atoms with Crippen molar-refractivity contribution in [1.29, 1.82) is 0 Å². The van der Waals surface area contributed by atoms with Crippen molar-refractivity contribution < 1.29 is 4.42 Å². The first-order chi connectivity index (χ1) is 26.8. The Morgan fingerprint density at radius 1 is 0.370 bits per heavy atom. The lowest BCUT2D eigenvalue weighted by atomic mass is 9.98. The van der Waals surface area contributed by atoms with Crippen molar-refractivity contribution in [2.45, 2.75) is 0 Å². The average molecular weight is 691 g/mol. The van der Waals surface area contributed by atoms with Gasteiger partial charge in [0.05, 0.1) is 16.6 Å². The van der Waals surface area contributed by atoms with Crippen molar-refractivity contribution in [1.82, 2.24) is 19.4 Å². The largest absolute Gasteiger partial charge is 0.438 e. The second-order valence-corrected chi connectivity index (χ2v) is 13.6. The summed E-state index contributed by atoms with van der Waals surface area (Å²) in [7, 11) is 0. The van der Waals surface area contributed by atoms with Gasteiger partial charge in [0.15, 0.2) is 23.1 Å². The van der Waals surface area contributed by atoms with Crippen LogP contribution in [0.15, 0.2) is 186 Å². The number of aromatic nitrogens is 4. The molecule has 0 fully saturated rings. The van der Waals surface area contributed by atoms with Gasteiger partial charge < -0.3 is 4.42 Å². The van der Waals surface area contributed by atoms with Crippen LogP contribution in [-0.2, 0) is 0 Å². The Bertz CT molecular complexity index is 3120. The smallest absolute Gasteiger partial charge is 0.213 e. The molecule has 3 aromatic heterocycles.